The minimum atomic E-state index is -1.59. The molecule has 0 saturated carbocycles. The predicted molar refractivity (Wildman–Crippen MR) is 124 cm³/mol. The molecule has 2 aliphatic rings. The van der Waals surface area contributed by atoms with Crippen LogP contribution in [0.25, 0.3) is 6.08 Å². The first-order valence-corrected chi connectivity index (χ1v) is 10.9. The van der Waals surface area contributed by atoms with Crippen molar-refractivity contribution in [3.8, 4) is 0 Å². The third-order valence-corrected chi connectivity index (χ3v) is 6.73. The number of carboxylic acids is 1. The van der Waals surface area contributed by atoms with Crippen LogP contribution in [0, 0.1) is 17.8 Å². The number of hydrogen-bond donors (Lipinski definition) is 2. The van der Waals surface area contributed by atoms with Gasteiger partial charge in [-0.25, -0.2) is 4.90 Å². The zero-order valence-electron chi connectivity index (χ0n) is 18.7. The van der Waals surface area contributed by atoms with Crippen molar-refractivity contribution >= 4 is 35.3 Å². The Kier molecular flexibility index (Phi) is 5.76. The van der Waals surface area contributed by atoms with Crippen LogP contribution in [-0.4, -0.2) is 40.3 Å². The summed E-state index contributed by atoms with van der Waals surface area (Å²) >= 11 is 0. The van der Waals surface area contributed by atoms with E-state index in [2.05, 4.69) is 5.32 Å². The summed E-state index contributed by atoms with van der Waals surface area (Å²) in [5, 5.41) is 13.4. The van der Waals surface area contributed by atoms with Gasteiger partial charge in [-0.15, -0.1) is 0 Å². The number of imide groups is 1. The highest BCUT2D eigenvalue weighted by Crippen LogP contribution is 2.48. The first kappa shape index (κ1) is 22.6. The summed E-state index contributed by atoms with van der Waals surface area (Å²) in [5.74, 6) is -4.63. The first-order valence-electron chi connectivity index (χ1n) is 10.9. The van der Waals surface area contributed by atoms with Crippen LogP contribution in [-0.2, 0) is 14.4 Å². The minimum absolute atomic E-state index is 0.127. The Morgan fingerprint density at radius 3 is 2.21 bits per heavy atom. The highest BCUT2D eigenvalue weighted by molar-refractivity contribution is 6.24. The van der Waals surface area contributed by atoms with Gasteiger partial charge >= 0.3 is 5.97 Å². The van der Waals surface area contributed by atoms with Crippen LogP contribution in [0.15, 0.2) is 60.7 Å². The SMILES string of the molecule is CC(=O)c1ccc(N2C(=O)C3C(C=Cc4ccccc4)NC(C(=O)O)(C(C)C)C3C2=O)cc1. The molecule has 0 radical (unpaired) electrons. The number of ketones is 1. The van der Waals surface area contributed by atoms with Crippen molar-refractivity contribution in [2.75, 3.05) is 4.90 Å². The molecule has 0 spiro atoms. The Morgan fingerprint density at radius 2 is 1.67 bits per heavy atom. The van der Waals surface area contributed by atoms with Gasteiger partial charge < -0.3 is 5.11 Å². The third kappa shape index (κ3) is 3.58. The van der Waals surface area contributed by atoms with Crippen molar-refractivity contribution < 1.29 is 24.3 Å². The zero-order valence-corrected chi connectivity index (χ0v) is 18.7. The van der Waals surface area contributed by atoms with E-state index in [9.17, 15) is 24.3 Å². The van der Waals surface area contributed by atoms with Crippen LogP contribution in [0.3, 0.4) is 0 Å². The van der Waals surface area contributed by atoms with Gasteiger partial charge in [0, 0.05) is 11.6 Å². The standard InChI is InChI=1S/C26H26N2O5/c1-15(2)26(25(32)33)22-21(20(27-26)14-9-17-7-5-4-6-8-17)23(30)28(24(22)31)19-12-10-18(11-13-19)16(3)29/h4-15,20-22,27H,1-3H3,(H,32,33). The summed E-state index contributed by atoms with van der Waals surface area (Å²) in [6.45, 7) is 4.91. The van der Waals surface area contributed by atoms with E-state index in [1.807, 2.05) is 36.4 Å². The van der Waals surface area contributed by atoms with Gasteiger partial charge in [-0.1, -0.05) is 56.3 Å². The molecule has 0 bridgehead atoms. The second-order valence-corrected chi connectivity index (χ2v) is 8.89. The van der Waals surface area contributed by atoms with Gasteiger partial charge in [-0.05, 0) is 42.7 Å². The number of carbonyl (C=O) groups excluding carboxylic acids is 3. The van der Waals surface area contributed by atoms with Crippen molar-refractivity contribution in [2.24, 2.45) is 17.8 Å². The van der Waals surface area contributed by atoms with Gasteiger partial charge in [-0.3, -0.25) is 24.5 Å². The molecule has 2 aromatic rings. The second-order valence-electron chi connectivity index (χ2n) is 8.89. The lowest BCUT2D eigenvalue weighted by atomic mass is 9.73. The number of fused-ring (bicyclic) bond motifs is 1. The number of anilines is 1. The van der Waals surface area contributed by atoms with E-state index in [0.29, 0.717) is 11.3 Å². The smallest absolute Gasteiger partial charge is 0.325 e. The van der Waals surface area contributed by atoms with Gasteiger partial charge in [0.2, 0.25) is 11.8 Å². The number of carbonyl (C=O) groups is 4. The number of aliphatic carboxylic acids is 1. The van der Waals surface area contributed by atoms with Gasteiger partial charge in [0.25, 0.3) is 0 Å². The van der Waals surface area contributed by atoms with Crippen molar-refractivity contribution in [1.29, 1.82) is 0 Å². The molecule has 0 aliphatic carbocycles. The number of rotatable bonds is 6. The topological polar surface area (TPSA) is 104 Å². The van der Waals surface area contributed by atoms with E-state index >= 15 is 0 Å². The Bertz CT molecular complexity index is 1140. The Morgan fingerprint density at radius 1 is 1.03 bits per heavy atom. The maximum atomic E-state index is 13.6. The van der Waals surface area contributed by atoms with E-state index in [1.54, 1.807) is 44.2 Å². The summed E-state index contributed by atoms with van der Waals surface area (Å²) in [4.78, 5) is 52.3. The molecule has 2 heterocycles. The normalized spacial score (nSPS) is 26.9. The number of Topliss-reactive ketones (excluding diaryl/α,β-unsaturated/α-hetero) is 1. The Hall–Kier alpha value is -3.58. The maximum absolute atomic E-state index is 13.6. The molecule has 170 valence electrons. The molecule has 2 N–H and O–H groups in total. The minimum Gasteiger partial charge on any atom is -0.480 e. The molecule has 33 heavy (non-hydrogen) atoms. The highest BCUT2D eigenvalue weighted by Gasteiger charge is 2.69. The van der Waals surface area contributed by atoms with Crippen LogP contribution >= 0.6 is 0 Å². The number of carboxylic acid groups (broad SMARTS) is 1. The van der Waals surface area contributed by atoms with Gasteiger partial charge in [0.1, 0.15) is 5.54 Å². The Balaban J connectivity index is 1.77. The molecule has 2 aliphatic heterocycles. The number of hydrogen-bond acceptors (Lipinski definition) is 5. The van der Waals surface area contributed by atoms with E-state index < -0.39 is 47.1 Å². The van der Waals surface area contributed by atoms with E-state index in [-0.39, 0.29) is 5.78 Å². The molecular formula is C26H26N2O5. The largest absolute Gasteiger partial charge is 0.480 e. The van der Waals surface area contributed by atoms with Crippen molar-refractivity contribution in [1.82, 2.24) is 5.32 Å². The van der Waals surface area contributed by atoms with Crippen LogP contribution in [0.1, 0.15) is 36.7 Å². The lowest BCUT2D eigenvalue weighted by molar-refractivity contribution is -0.151. The van der Waals surface area contributed by atoms with Crippen LogP contribution in [0.2, 0.25) is 0 Å². The molecule has 7 heteroatoms. The predicted octanol–water partition coefficient (Wildman–Crippen LogP) is 3.16. The van der Waals surface area contributed by atoms with Crippen LogP contribution in [0.4, 0.5) is 5.69 Å². The molecule has 2 aromatic carbocycles. The summed E-state index contributed by atoms with van der Waals surface area (Å²) in [7, 11) is 0. The van der Waals surface area contributed by atoms with Gasteiger partial charge in [0.05, 0.1) is 17.5 Å². The molecule has 2 amide bonds. The molecule has 2 fully saturated rings. The average Bonchev–Trinajstić information content (AvgIpc) is 3.27. The molecular weight excluding hydrogens is 420 g/mol. The van der Waals surface area contributed by atoms with E-state index in [1.165, 1.54) is 6.92 Å². The second kappa shape index (κ2) is 8.41. The van der Waals surface area contributed by atoms with E-state index in [4.69, 9.17) is 0 Å². The fourth-order valence-electron chi connectivity index (χ4n) is 5.00. The van der Waals surface area contributed by atoms with Crippen molar-refractivity contribution in [2.45, 2.75) is 32.4 Å². The number of benzene rings is 2. The molecule has 4 rings (SSSR count). The summed E-state index contributed by atoms with van der Waals surface area (Å²) in [5.41, 5.74) is 0.113. The van der Waals surface area contributed by atoms with Gasteiger partial charge in [0.15, 0.2) is 5.78 Å². The maximum Gasteiger partial charge on any atom is 0.325 e. The highest BCUT2D eigenvalue weighted by atomic mass is 16.4. The van der Waals surface area contributed by atoms with E-state index in [0.717, 1.165) is 10.5 Å². The molecule has 4 unspecified atom stereocenters. The molecule has 4 atom stereocenters. The summed E-state index contributed by atoms with van der Waals surface area (Å²) in [6, 6.07) is 15.1. The van der Waals surface area contributed by atoms with Gasteiger partial charge in [-0.2, -0.15) is 0 Å². The zero-order chi connectivity index (χ0) is 23.9. The fraction of sp³-hybridized carbons (Fsp3) is 0.308. The number of nitrogens with one attached hydrogen (secondary N) is 1. The summed E-state index contributed by atoms with van der Waals surface area (Å²) < 4.78 is 0. The van der Waals surface area contributed by atoms with Crippen LogP contribution < -0.4 is 10.2 Å². The average molecular weight is 447 g/mol. The summed E-state index contributed by atoms with van der Waals surface area (Å²) in [6.07, 6.45) is 3.60. The Labute approximate surface area is 192 Å². The quantitative estimate of drug-likeness (QED) is 0.522. The van der Waals surface area contributed by atoms with Crippen LogP contribution in [0.5, 0.6) is 0 Å². The fourth-order valence-corrected chi connectivity index (χ4v) is 5.00. The number of nitrogens with zero attached hydrogens (tertiary/aromatic N) is 1. The van der Waals surface area contributed by atoms with Crippen molar-refractivity contribution in [3.05, 3.63) is 71.8 Å². The van der Waals surface area contributed by atoms with Crippen molar-refractivity contribution in [3.63, 3.8) is 0 Å². The molecule has 7 nitrogen and oxygen atoms in total. The molecule has 0 aromatic heterocycles. The number of amides is 2. The lowest BCUT2D eigenvalue weighted by Gasteiger charge is -2.34. The monoisotopic (exact) mass is 446 g/mol. The molecule has 2 saturated heterocycles. The lowest BCUT2D eigenvalue weighted by Crippen LogP contribution is -2.60. The first-order chi connectivity index (χ1) is 15.7. The third-order valence-electron chi connectivity index (χ3n) is 6.73.